The van der Waals surface area contributed by atoms with Crippen LogP contribution in [0.25, 0.3) is 0 Å². The van der Waals surface area contributed by atoms with Crippen molar-refractivity contribution >= 4 is 15.9 Å². The quantitative estimate of drug-likeness (QED) is 0.819. The molecule has 104 valence electrons. The van der Waals surface area contributed by atoms with Gasteiger partial charge in [0, 0.05) is 33.5 Å². The highest BCUT2D eigenvalue weighted by atomic mass is 79.9. The second-order valence-electron chi connectivity index (χ2n) is 4.34. The van der Waals surface area contributed by atoms with E-state index in [9.17, 15) is 0 Å². The lowest BCUT2D eigenvalue weighted by Gasteiger charge is -2.04. The SMILES string of the molecule is CCc1nn(C)c(CNCCc2noc(C)n2)c1Br. The van der Waals surface area contributed by atoms with E-state index >= 15 is 0 Å². The van der Waals surface area contributed by atoms with Gasteiger partial charge >= 0.3 is 0 Å². The molecule has 2 heterocycles. The fourth-order valence-corrected chi connectivity index (χ4v) is 2.62. The van der Waals surface area contributed by atoms with Crippen LogP contribution in [-0.2, 0) is 26.4 Å². The van der Waals surface area contributed by atoms with Gasteiger partial charge in [0.05, 0.1) is 15.9 Å². The Hall–Kier alpha value is -1.21. The minimum Gasteiger partial charge on any atom is -0.340 e. The molecule has 0 fully saturated rings. The maximum Gasteiger partial charge on any atom is 0.223 e. The normalized spacial score (nSPS) is 11.2. The van der Waals surface area contributed by atoms with Crippen LogP contribution >= 0.6 is 15.9 Å². The zero-order valence-corrected chi connectivity index (χ0v) is 13.0. The molecule has 0 saturated carbocycles. The van der Waals surface area contributed by atoms with Gasteiger partial charge in [-0.25, -0.2) is 0 Å². The molecular formula is C12H18BrN5O. The Labute approximate surface area is 120 Å². The van der Waals surface area contributed by atoms with Crippen LogP contribution in [0.5, 0.6) is 0 Å². The Morgan fingerprint density at radius 3 is 2.79 bits per heavy atom. The van der Waals surface area contributed by atoms with Crippen molar-refractivity contribution in [1.82, 2.24) is 25.2 Å². The van der Waals surface area contributed by atoms with Crippen molar-refractivity contribution in [2.75, 3.05) is 6.54 Å². The maximum atomic E-state index is 4.93. The van der Waals surface area contributed by atoms with Crippen LogP contribution in [0.1, 0.15) is 30.0 Å². The lowest BCUT2D eigenvalue weighted by Crippen LogP contribution is -2.19. The summed E-state index contributed by atoms with van der Waals surface area (Å²) in [5.74, 6) is 1.35. The Balaban J connectivity index is 1.84. The Morgan fingerprint density at radius 1 is 1.42 bits per heavy atom. The zero-order chi connectivity index (χ0) is 13.8. The summed E-state index contributed by atoms with van der Waals surface area (Å²) in [6, 6.07) is 0. The summed E-state index contributed by atoms with van der Waals surface area (Å²) < 4.78 is 7.93. The third kappa shape index (κ3) is 3.42. The highest BCUT2D eigenvalue weighted by Crippen LogP contribution is 2.21. The first-order valence-corrected chi connectivity index (χ1v) is 7.11. The van der Waals surface area contributed by atoms with Crippen LogP contribution < -0.4 is 5.32 Å². The van der Waals surface area contributed by atoms with Gasteiger partial charge < -0.3 is 9.84 Å². The van der Waals surface area contributed by atoms with Gasteiger partial charge in [0.25, 0.3) is 0 Å². The van der Waals surface area contributed by atoms with Gasteiger partial charge in [0.2, 0.25) is 5.89 Å². The number of aryl methyl sites for hydroxylation is 3. The smallest absolute Gasteiger partial charge is 0.223 e. The molecule has 1 N–H and O–H groups in total. The molecule has 0 amide bonds. The number of rotatable bonds is 6. The van der Waals surface area contributed by atoms with Crippen LogP contribution in [0.15, 0.2) is 9.00 Å². The van der Waals surface area contributed by atoms with E-state index in [0.29, 0.717) is 5.89 Å². The van der Waals surface area contributed by atoms with Crippen molar-refractivity contribution in [3.05, 3.63) is 27.6 Å². The van der Waals surface area contributed by atoms with Crippen molar-refractivity contribution in [3.63, 3.8) is 0 Å². The predicted molar refractivity (Wildman–Crippen MR) is 74.7 cm³/mol. The molecule has 0 aliphatic rings. The predicted octanol–water partition coefficient (Wildman–Crippen LogP) is 1.77. The van der Waals surface area contributed by atoms with Crippen molar-refractivity contribution in [2.24, 2.45) is 7.05 Å². The first-order chi connectivity index (χ1) is 9.11. The van der Waals surface area contributed by atoms with E-state index in [4.69, 9.17) is 4.52 Å². The third-order valence-corrected chi connectivity index (χ3v) is 3.81. The van der Waals surface area contributed by atoms with E-state index in [1.54, 1.807) is 6.92 Å². The molecule has 7 heteroatoms. The molecule has 0 aliphatic carbocycles. The topological polar surface area (TPSA) is 68.8 Å². The first kappa shape index (κ1) is 14.2. The second kappa shape index (κ2) is 6.29. The van der Waals surface area contributed by atoms with Crippen LogP contribution in [0.4, 0.5) is 0 Å². The van der Waals surface area contributed by atoms with Gasteiger partial charge in [-0.3, -0.25) is 4.68 Å². The lowest BCUT2D eigenvalue weighted by molar-refractivity contribution is 0.387. The van der Waals surface area contributed by atoms with Gasteiger partial charge in [-0.2, -0.15) is 10.1 Å². The number of hydrogen-bond donors (Lipinski definition) is 1. The summed E-state index contributed by atoms with van der Waals surface area (Å²) in [5.41, 5.74) is 2.24. The molecule has 0 radical (unpaired) electrons. The molecule has 0 atom stereocenters. The Morgan fingerprint density at radius 2 is 2.21 bits per heavy atom. The van der Waals surface area contributed by atoms with Crippen LogP contribution in [-0.4, -0.2) is 26.5 Å². The Kier molecular flexibility index (Phi) is 4.71. The van der Waals surface area contributed by atoms with E-state index in [2.05, 4.69) is 43.4 Å². The highest BCUT2D eigenvalue weighted by molar-refractivity contribution is 9.10. The van der Waals surface area contributed by atoms with E-state index < -0.39 is 0 Å². The monoisotopic (exact) mass is 327 g/mol. The molecule has 2 aromatic heterocycles. The summed E-state index contributed by atoms with van der Waals surface area (Å²) in [5, 5.41) is 11.7. The summed E-state index contributed by atoms with van der Waals surface area (Å²) >= 11 is 3.60. The fourth-order valence-electron chi connectivity index (χ4n) is 1.86. The average molecular weight is 328 g/mol. The van der Waals surface area contributed by atoms with Gasteiger partial charge in [-0.05, 0) is 22.4 Å². The van der Waals surface area contributed by atoms with Crippen LogP contribution in [0.3, 0.4) is 0 Å². The number of hydrogen-bond acceptors (Lipinski definition) is 5. The molecule has 0 aliphatic heterocycles. The summed E-state index contributed by atoms with van der Waals surface area (Å²) in [6.45, 7) is 5.46. The van der Waals surface area contributed by atoms with E-state index in [1.165, 1.54) is 0 Å². The van der Waals surface area contributed by atoms with E-state index in [0.717, 1.165) is 47.6 Å². The fraction of sp³-hybridized carbons (Fsp3) is 0.583. The third-order valence-electron chi connectivity index (χ3n) is 2.89. The minimum atomic E-state index is 0.608. The zero-order valence-electron chi connectivity index (χ0n) is 11.4. The van der Waals surface area contributed by atoms with Crippen molar-refractivity contribution < 1.29 is 4.52 Å². The molecule has 0 unspecified atom stereocenters. The molecule has 0 bridgehead atoms. The summed E-state index contributed by atoms with van der Waals surface area (Å²) in [4.78, 5) is 4.16. The van der Waals surface area contributed by atoms with Gasteiger partial charge in [0.1, 0.15) is 0 Å². The number of aromatic nitrogens is 4. The average Bonchev–Trinajstić information content (AvgIpc) is 2.91. The molecule has 0 aromatic carbocycles. The highest BCUT2D eigenvalue weighted by Gasteiger charge is 2.11. The molecule has 19 heavy (non-hydrogen) atoms. The van der Waals surface area contributed by atoms with Gasteiger partial charge in [-0.15, -0.1) is 0 Å². The number of nitrogens with one attached hydrogen (secondary N) is 1. The van der Waals surface area contributed by atoms with E-state index in [-0.39, 0.29) is 0 Å². The van der Waals surface area contributed by atoms with Gasteiger partial charge in [0.15, 0.2) is 5.82 Å². The molecule has 0 spiro atoms. The molecule has 0 saturated heterocycles. The first-order valence-electron chi connectivity index (χ1n) is 6.32. The van der Waals surface area contributed by atoms with Crippen molar-refractivity contribution in [2.45, 2.75) is 33.2 Å². The summed E-state index contributed by atoms with van der Waals surface area (Å²) in [7, 11) is 1.96. The number of nitrogens with zero attached hydrogens (tertiary/aromatic N) is 4. The minimum absolute atomic E-state index is 0.608. The largest absolute Gasteiger partial charge is 0.340 e. The van der Waals surface area contributed by atoms with Crippen molar-refractivity contribution in [3.8, 4) is 0 Å². The molecule has 6 nitrogen and oxygen atoms in total. The molecule has 2 rings (SSSR count). The maximum absolute atomic E-state index is 4.93. The molecule has 2 aromatic rings. The van der Waals surface area contributed by atoms with E-state index in [1.807, 2.05) is 11.7 Å². The van der Waals surface area contributed by atoms with Crippen molar-refractivity contribution in [1.29, 1.82) is 0 Å². The lowest BCUT2D eigenvalue weighted by atomic mass is 10.3. The Bertz CT molecular complexity index is 548. The van der Waals surface area contributed by atoms with Crippen LogP contribution in [0.2, 0.25) is 0 Å². The summed E-state index contributed by atoms with van der Waals surface area (Å²) in [6.07, 6.45) is 1.68. The number of halogens is 1. The molecular weight excluding hydrogens is 310 g/mol. The van der Waals surface area contributed by atoms with Gasteiger partial charge in [-0.1, -0.05) is 12.1 Å². The second-order valence-corrected chi connectivity index (χ2v) is 5.13. The standard InChI is InChI=1S/C12H18BrN5O/c1-4-9-12(13)10(18(3)16-9)7-14-6-5-11-15-8(2)19-17-11/h14H,4-7H2,1-3H3. The van der Waals surface area contributed by atoms with Crippen LogP contribution in [0, 0.1) is 6.92 Å².